The molecule has 1 aromatic rings. The third kappa shape index (κ3) is 2.42. The highest BCUT2D eigenvalue weighted by Crippen LogP contribution is 2.33. The first-order chi connectivity index (χ1) is 8.90. The lowest BCUT2D eigenvalue weighted by Crippen LogP contribution is -2.35. The van der Waals surface area contributed by atoms with Gasteiger partial charge in [0.05, 0.1) is 5.69 Å². The summed E-state index contributed by atoms with van der Waals surface area (Å²) in [4.78, 5) is 35.4. The van der Waals surface area contributed by atoms with Crippen LogP contribution in [0.4, 0.5) is 11.4 Å². The van der Waals surface area contributed by atoms with Crippen LogP contribution < -0.4 is 15.0 Å². The van der Waals surface area contributed by atoms with Crippen molar-refractivity contribution in [3.63, 3.8) is 0 Å². The van der Waals surface area contributed by atoms with Gasteiger partial charge in [0, 0.05) is 19.7 Å². The Labute approximate surface area is 110 Å². The van der Waals surface area contributed by atoms with E-state index < -0.39 is 17.8 Å². The number of fused-ring (bicyclic) bond motifs is 1. The number of rotatable bonds is 2. The number of nitrogens with zero attached hydrogens (tertiary/aromatic N) is 1. The van der Waals surface area contributed by atoms with Crippen molar-refractivity contribution in [2.75, 3.05) is 17.3 Å². The van der Waals surface area contributed by atoms with E-state index >= 15 is 0 Å². The quantitative estimate of drug-likeness (QED) is 0.805. The average molecular weight is 262 g/mol. The minimum absolute atomic E-state index is 0.245. The van der Waals surface area contributed by atoms with Gasteiger partial charge in [0.15, 0.2) is 6.10 Å². The molecule has 0 saturated carbocycles. The number of hydrogen-bond donors (Lipinski definition) is 1. The molecule has 2 rings (SSSR count). The van der Waals surface area contributed by atoms with Gasteiger partial charge in [-0.2, -0.15) is 0 Å². The van der Waals surface area contributed by atoms with Crippen LogP contribution in [0.15, 0.2) is 18.2 Å². The Bertz CT molecular complexity index is 568. The maximum atomic E-state index is 11.6. The SMILES string of the molecule is CC(=O)C(=O)N(C)c1ccc2c(c1)NC(=O)C(C)O2. The Morgan fingerprint density at radius 3 is 2.68 bits per heavy atom. The zero-order valence-corrected chi connectivity index (χ0v) is 10.9. The Kier molecular flexibility index (Phi) is 3.25. The van der Waals surface area contributed by atoms with Crippen molar-refractivity contribution in [2.45, 2.75) is 20.0 Å². The lowest BCUT2D eigenvalue weighted by atomic mass is 10.2. The number of ether oxygens (including phenoxy) is 1. The second-order valence-electron chi connectivity index (χ2n) is 4.35. The zero-order valence-electron chi connectivity index (χ0n) is 10.9. The molecule has 1 aromatic carbocycles. The predicted molar refractivity (Wildman–Crippen MR) is 69.3 cm³/mol. The Morgan fingerprint density at radius 1 is 1.37 bits per heavy atom. The highest BCUT2D eigenvalue weighted by Gasteiger charge is 2.24. The van der Waals surface area contributed by atoms with Crippen molar-refractivity contribution < 1.29 is 19.1 Å². The van der Waals surface area contributed by atoms with E-state index in [2.05, 4.69) is 5.32 Å². The molecule has 19 heavy (non-hydrogen) atoms. The van der Waals surface area contributed by atoms with Crippen molar-refractivity contribution in [1.82, 2.24) is 0 Å². The van der Waals surface area contributed by atoms with Crippen LogP contribution in [0.25, 0.3) is 0 Å². The van der Waals surface area contributed by atoms with Gasteiger partial charge < -0.3 is 15.0 Å². The minimum Gasteiger partial charge on any atom is -0.479 e. The maximum Gasteiger partial charge on any atom is 0.293 e. The summed E-state index contributed by atoms with van der Waals surface area (Å²) in [6.07, 6.45) is -0.546. The largest absolute Gasteiger partial charge is 0.479 e. The van der Waals surface area contributed by atoms with Crippen LogP contribution in [0, 0.1) is 0 Å². The van der Waals surface area contributed by atoms with Crippen molar-refractivity contribution in [3.8, 4) is 5.75 Å². The van der Waals surface area contributed by atoms with E-state index in [4.69, 9.17) is 4.74 Å². The smallest absolute Gasteiger partial charge is 0.293 e. The number of nitrogens with one attached hydrogen (secondary N) is 1. The summed E-state index contributed by atoms with van der Waals surface area (Å²) in [5.41, 5.74) is 1.00. The number of likely N-dealkylation sites (N-methyl/N-ethyl adjacent to an activating group) is 1. The molecule has 0 fully saturated rings. The molecule has 1 aliphatic rings. The van der Waals surface area contributed by atoms with Gasteiger partial charge in [0.1, 0.15) is 5.75 Å². The van der Waals surface area contributed by atoms with E-state index in [1.807, 2.05) is 0 Å². The summed E-state index contributed by atoms with van der Waals surface area (Å²) in [6, 6.07) is 4.91. The van der Waals surface area contributed by atoms with E-state index in [1.54, 1.807) is 25.1 Å². The molecule has 6 heteroatoms. The van der Waals surface area contributed by atoms with E-state index in [1.165, 1.54) is 18.9 Å². The number of anilines is 2. The minimum atomic E-state index is -0.614. The van der Waals surface area contributed by atoms with Gasteiger partial charge in [-0.3, -0.25) is 14.4 Å². The second-order valence-corrected chi connectivity index (χ2v) is 4.35. The van der Waals surface area contributed by atoms with Gasteiger partial charge >= 0.3 is 0 Å². The number of benzene rings is 1. The Morgan fingerprint density at radius 2 is 2.05 bits per heavy atom. The summed E-state index contributed by atoms with van der Waals surface area (Å²) in [5.74, 6) is -0.866. The first-order valence-corrected chi connectivity index (χ1v) is 5.80. The van der Waals surface area contributed by atoms with Gasteiger partial charge in [0.2, 0.25) is 5.78 Å². The molecule has 0 spiro atoms. The van der Waals surface area contributed by atoms with Crippen LogP contribution in [-0.2, 0) is 14.4 Å². The maximum absolute atomic E-state index is 11.6. The van der Waals surface area contributed by atoms with E-state index in [-0.39, 0.29) is 5.91 Å². The lowest BCUT2D eigenvalue weighted by molar-refractivity contribution is -0.134. The van der Waals surface area contributed by atoms with Gasteiger partial charge in [-0.1, -0.05) is 0 Å². The molecule has 0 aliphatic carbocycles. The molecule has 1 N–H and O–H groups in total. The number of hydrogen-bond acceptors (Lipinski definition) is 4. The van der Waals surface area contributed by atoms with E-state index in [0.717, 1.165) is 0 Å². The van der Waals surface area contributed by atoms with Gasteiger partial charge in [0.25, 0.3) is 11.8 Å². The van der Waals surface area contributed by atoms with Crippen molar-refractivity contribution in [1.29, 1.82) is 0 Å². The van der Waals surface area contributed by atoms with Gasteiger partial charge in [-0.25, -0.2) is 0 Å². The molecule has 100 valence electrons. The van der Waals surface area contributed by atoms with Gasteiger partial charge in [-0.15, -0.1) is 0 Å². The monoisotopic (exact) mass is 262 g/mol. The number of carbonyl (C=O) groups excluding carboxylic acids is 3. The molecule has 0 bridgehead atoms. The summed E-state index contributed by atoms with van der Waals surface area (Å²) < 4.78 is 5.40. The molecular weight excluding hydrogens is 248 g/mol. The van der Waals surface area contributed by atoms with Gasteiger partial charge in [-0.05, 0) is 25.1 Å². The fourth-order valence-electron chi connectivity index (χ4n) is 1.76. The Hall–Kier alpha value is -2.37. The molecule has 0 radical (unpaired) electrons. The topological polar surface area (TPSA) is 75.7 Å². The average Bonchev–Trinajstić information content (AvgIpc) is 2.37. The normalized spacial score (nSPS) is 17.0. The van der Waals surface area contributed by atoms with E-state index in [0.29, 0.717) is 17.1 Å². The highest BCUT2D eigenvalue weighted by molar-refractivity contribution is 6.40. The molecule has 1 atom stereocenters. The molecular formula is C13H14N2O4. The molecule has 1 aliphatic heterocycles. The lowest BCUT2D eigenvalue weighted by Gasteiger charge is -2.25. The predicted octanol–water partition coefficient (Wildman–Crippen LogP) is 0.958. The highest BCUT2D eigenvalue weighted by atomic mass is 16.5. The molecule has 2 amide bonds. The molecule has 0 saturated heterocycles. The van der Waals surface area contributed by atoms with Crippen LogP contribution >= 0.6 is 0 Å². The number of Topliss-reactive ketones (excluding diaryl/α,β-unsaturated/α-hetero) is 1. The first kappa shape index (κ1) is 13.1. The standard InChI is InChI=1S/C13H14N2O4/c1-7(16)13(18)15(3)9-4-5-11-10(6-9)14-12(17)8(2)19-11/h4-6,8H,1-3H3,(H,14,17). The summed E-state index contributed by atoms with van der Waals surface area (Å²) in [5, 5.41) is 2.69. The van der Waals surface area contributed by atoms with Crippen LogP contribution in [0.2, 0.25) is 0 Å². The second kappa shape index (κ2) is 4.72. The van der Waals surface area contributed by atoms with Crippen molar-refractivity contribution in [2.24, 2.45) is 0 Å². The summed E-state index contributed by atoms with van der Waals surface area (Å²) in [7, 11) is 1.50. The van der Waals surface area contributed by atoms with E-state index in [9.17, 15) is 14.4 Å². The molecule has 0 aromatic heterocycles. The summed E-state index contributed by atoms with van der Waals surface area (Å²) >= 11 is 0. The first-order valence-electron chi connectivity index (χ1n) is 5.80. The van der Waals surface area contributed by atoms with Crippen LogP contribution in [-0.4, -0.2) is 30.7 Å². The summed E-state index contributed by atoms with van der Waals surface area (Å²) in [6.45, 7) is 2.86. The van der Waals surface area contributed by atoms with Crippen molar-refractivity contribution in [3.05, 3.63) is 18.2 Å². The number of ketones is 1. The molecule has 1 unspecified atom stereocenters. The number of amides is 2. The van der Waals surface area contributed by atoms with Crippen LogP contribution in [0.3, 0.4) is 0 Å². The fourth-order valence-corrected chi connectivity index (χ4v) is 1.76. The third-order valence-corrected chi connectivity index (χ3v) is 2.89. The van der Waals surface area contributed by atoms with Crippen LogP contribution in [0.5, 0.6) is 5.75 Å². The van der Waals surface area contributed by atoms with Crippen molar-refractivity contribution >= 4 is 29.0 Å². The molecule has 6 nitrogen and oxygen atoms in total. The zero-order chi connectivity index (χ0) is 14.2. The number of carbonyl (C=O) groups is 3. The molecule has 1 heterocycles. The Balaban J connectivity index is 2.31. The van der Waals surface area contributed by atoms with Crippen LogP contribution in [0.1, 0.15) is 13.8 Å². The third-order valence-electron chi connectivity index (χ3n) is 2.89. The fraction of sp³-hybridized carbons (Fsp3) is 0.308.